The molecule has 0 bridgehead atoms. The van der Waals surface area contributed by atoms with Crippen molar-refractivity contribution >= 4 is 5.91 Å². The van der Waals surface area contributed by atoms with E-state index in [-0.39, 0.29) is 12.0 Å². The van der Waals surface area contributed by atoms with Gasteiger partial charge in [0.2, 0.25) is 5.91 Å². The Balaban J connectivity index is 1.25. The van der Waals surface area contributed by atoms with Crippen molar-refractivity contribution in [3.05, 3.63) is 59.2 Å². The Morgan fingerprint density at radius 2 is 1.87 bits per heavy atom. The molecule has 0 aromatic heterocycles. The first-order chi connectivity index (χ1) is 15.1. The zero-order chi connectivity index (χ0) is 21.6. The third kappa shape index (κ3) is 5.77. The van der Waals surface area contributed by atoms with Crippen molar-refractivity contribution < 1.29 is 14.3 Å². The molecule has 2 aromatic rings. The van der Waals surface area contributed by atoms with E-state index in [1.54, 1.807) is 0 Å². The summed E-state index contributed by atoms with van der Waals surface area (Å²) in [6, 6.07) is 14.6. The molecule has 1 amide bonds. The lowest BCUT2D eigenvalue weighted by molar-refractivity contribution is -0.122. The smallest absolute Gasteiger partial charge is 0.234 e. The van der Waals surface area contributed by atoms with Crippen LogP contribution in [-0.2, 0) is 24.3 Å². The first-order valence-electron chi connectivity index (χ1n) is 11.3. The molecule has 1 fully saturated rings. The summed E-state index contributed by atoms with van der Waals surface area (Å²) < 4.78 is 11.7. The van der Waals surface area contributed by atoms with Crippen LogP contribution >= 0.6 is 0 Å². The maximum atomic E-state index is 12.6. The number of piperazine rings is 1. The normalized spacial score (nSPS) is 19.0. The minimum atomic E-state index is 0.0498. The van der Waals surface area contributed by atoms with Crippen molar-refractivity contribution in [2.24, 2.45) is 0 Å². The second kappa shape index (κ2) is 10.2. The average molecular weight is 424 g/mol. The Hall–Kier alpha value is -2.57. The summed E-state index contributed by atoms with van der Waals surface area (Å²) in [5, 5.41) is 3.07. The lowest BCUT2D eigenvalue weighted by Gasteiger charge is -2.34. The van der Waals surface area contributed by atoms with E-state index in [4.69, 9.17) is 9.47 Å². The summed E-state index contributed by atoms with van der Waals surface area (Å²) >= 11 is 0. The Morgan fingerprint density at radius 3 is 2.61 bits per heavy atom. The van der Waals surface area contributed by atoms with Gasteiger partial charge >= 0.3 is 0 Å². The zero-order valence-corrected chi connectivity index (χ0v) is 18.6. The molecule has 0 spiro atoms. The van der Waals surface area contributed by atoms with Crippen molar-refractivity contribution in [1.82, 2.24) is 15.1 Å². The largest absolute Gasteiger partial charge is 0.494 e. The van der Waals surface area contributed by atoms with Gasteiger partial charge in [-0.05, 0) is 31.5 Å². The number of nitrogens with zero attached hydrogens (tertiary/aromatic N) is 2. The van der Waals surface area contributed by atoms with Gasteiger partial charge in [-0.15, -0.1) is 0 Å². The van der Waals surface area contributed by atoms with Gasteiger partial charge in [-0.1, -0.05) is 30.3 Å². The second-order valence-electron chi connectivity index (χ2n) is 8.45. The molecule has 1 N–H and O–H groups in total. The molecule has 6 nitrogen and oxygen atoms in total. The summed E-state index contributed by atoms with van der Waals surface area (Å²) in [5.74, 6) is 1.80. The van der Waals surface area contributed by atoms with Crippen LogP contribution in [0.4, 0.5) is 0 Å². The van der Waals surface area contributed by atoms with Gasteiger partial charge < -0.3 is 14.8 Å². The molecular weight excluding hydrogens is 390 g/mol. The minimum absolute atomic E-state index is 0.0498. The van der Waals surface area contributed by atoms with Gasteiger partial charge in [-0.25, -0.2) is 0 Å². The fraction of sp³-hybridized carbons (Fsp3) is 0.480. The third-order valence-corrected chi connectivity index (χ3v) is 5.94. The lowest BCUT2D eigenvalue weighted by Crippen LogP contribution is -2.49. The van der Waals surface area contributed by atoms with Crippen LogP contribution in [0.5, 0.6) is 11.5 Å². The van der Waals surface area contributed by atoms with Gasteiger partial charge in [0.05, 0.1) is 13.2 Å². The number of carbonyl (C=O) groups excluding carboxylic acids is 1. The maximum absolute atomic E-state index is 12.6. The predicted octanol–water partition coefficient (Wildman–Crippen LogP) is 2.84. The Bertz CT molecular complexity index is 879. The van der Waals surface area contributed by atoms with Crippen molar-refractivity contribution in [2.45, 2.75) is 39.5 Å². The molecule has 2 aliphatic heterocycles. The number of nitrogens with one attached hydrogen (secondary N) is 1. The molecule has 6 heteroatoms. The van der Waals surface area contributed by atoms with Crippen molar-refractivity contribution in [3.8, 4) is 11.5 Å². The van der Waals surface area contributed by atoms with Gasteiger partial charge in [0.15, 0.2) is 0 Å². The highest BCUT2D eigenvalue weighted by Gasteiger charge is 2.23. The van der Waals surface area contributed by atoms with Crippen LogP contribution in [0.1, 0.15) is 30.5 Å². The van der Waals surface area contributed by atoms with Crippen molar-refractivity contribution in [1.29, 1.82) is 0 Å². The Morgan fingerprint density at radius 1 is 1.13 bits per heavy atom. The number of carbonyl (C=O) groups is 1. The van der Waals surface area contributed by atoms with E-state index in [0.717, 1.165) is 56.2 Å². The summed E-state index contributed by atoms with van der Waals surface area (Å²) in [6.45, 7) is 10.3. The van der Waals surface area contributed by atoms with E-state index in [1.165, 1.54) is 11.1 Å². The fourth-order valence-electron chi connectivity index (χ4n) is 4.31. The van der Waals surface area contributed by atoms with Crippen LogP contribution in [-0.4, -0.2) is 61.1 Å². The van der Waals surface area contributed by atoms with Crippen LogP contribution in [0.3, 0.4) is 0 Å². The molecule has 2 aromatic carbocycles. The number of benzene rings is 2. The van der Waals surface area contributed by atoms with E-state index in [9.17, 15) is 4.79 Å². The molecule has 2 heterocycles. The summed E-state index contributed by atoms with van der Waals surface area (Å²) in [5.41, 5.74) is 3.49. The molecule has 0 radical (unpaired) electrons. The Kier molecular flexibility index (Phi) is 7.10. The van der Waals surface area contributed by atoms with Crippen LogP contribution < -0.4 is 14.8 Å². The Labute approximate surface area is 185 Å². The van der Waals surface area contributed by atoms with E-state index in [0.29, 0.717) is 19.7 Å². The molecule has 0 unspecified atom stereocenters. The van der Waals surface area contributed by atoms with Gasteiger partial charge in [0, 0.05) is 56.8 Å². The molecule has 1 atom stereocenters. The molecule has 0 aliphatic carbocycles. The van der Waals surface area contributed by atoms with Gasteiger partial charge in [-0.3, -0.25) is 14.6 Å². The number of hydrogen-bond donors (Lipinski definition) is 1. The van der Waals surface area contributed by atoms with Crippen molar-refractivity contribution in [2.75, 3.05) is 39.3 Å². The molecule has 1 saturated heterocycles. The molecule has 31 heavy (non-hydrogen) atoms. The zero-order valence-electron chi connectivity index (χ0n) is 18.6. The number of ether oxygens (including phenoxy) is 2. The van der Waals surface area contributed by atoms with E-state index in [1.807, 2.05) is 19.1 Å². The fourth-order valence-corrected chi connectivity index (χ4v) is 4.31. The lowest BCUT2D eigenvalue weighted by atomic mass is 10.1. The highest BCUT2D eigenvalue weighted by Crippen LogP contribution is 2.35. The summed E-state index contributed by atoms with van der Waals surface area (Å²) in [6.07, 6.45) is 1.09. The highest BCUT2D eigenvalue weighted by atomic mass is 16.5. The molecule has 166 valence electrons. The third-order valence-electron chi connectivity index (χ3n) is 5.94. The molecular formula is C25H33N3O3. The summed E-state index contributed by atoms with van der Waals surface area (Å²) in [4.78, 5) is 17.3. The number of hydrogen-bond acceptors (Lipinski definition) is 5. The highest BCUT2D eigenvalue weighted by molar-refractivity contribution is 5.78. The van der Waals surface area contributed by atoms with Crippen LogP contribution in [0.25, 0.3) is 0 Å². The van der Waals surface area contributed by atoms with Crippen LogP contribution in [0.15, 0.2) is 42.5 Å². The summed E-state index contributed by atoms with van der Waals surface area (Å²) in [7, 11) is 0. The maximum Gasteiger partial charge on any atom is 0.234 e. The van der Waals surface area contributed by atoms with Gasteiger partial charge in [-0.2, -0.15) is 0 Å². The van der Waals surface area contributed by atoms with E-state index < -0.39 is 0 Å². The van der Waals surface area contributed by atoms with Crippen LogP contribution in [0, 0.1) is 0 Å². The first kappa shape index (κ1) is 21.7. The SMILES string of the molecule is CCOc1cc2c(cc1CNC(=O)CN1CCN(Cc3ccccc3)CC1)O[C@H](C)C2. The van der Waals surface area contributed by atoms with E-state index in [2.05, 4.69) is 52.4 Å². The van der Waals surface area contributed by atoms with E-state index >= 15 is 0 Å². The second-order valence-corrected chi connectivity index (χ2v) is 8.45. The molecule has 2 aliphatic rings. The van der Waals surface area contributed by atoms with Crippen molar-refractivity contribution in [3.63, 3.8) is 0 Å². The van der Waals surface area contributed by atoms with Gasteiger partial charge in [0.25, 0.3) is 0 Å². The predicted molar refractivity (Wildman–Crippen MR) is 121 cm³/mol. The average Bonchev–Trinajstić information content (AvgIpc) is 3.13. The quantitative estimate of drug-likeness (QED) is 0.708. The number of rotatable bonds is 8. The number of amides is 1. The molecule has 4 rings (SSSR count). The first-order valence-corrected chi connectivity index (χ1v) is 11.3. The molecule has 0 saturated carbocycles. The van der Waals surface area contributed by atoms with Crippen LogP contribution in [0.2, 0.25) is 0 Å². The minimum Gasteiger partial charge on any atom is -0.494 e. The number of fused-ring (bicyclic) bond motifs is 1. The monoisotopic (exact) mass is 423 g/mol. The topological polar surface area (TPSA) is 54.0 Å². The standard InChI is InChI=1S/C25H33N3O3/c1-3-30-23-14-21-13-19(2)31-24(21)15-22(23)16-26-25(29)18-28-11-9-27(10-12-28)17-20-7-5-4-6-8-20/h4-8,14-15,19H,3,9-13,16-18H2,1-2H3,(H,26,29)/t19-/m1/s1. The van der Waals surface area contributed by atoms with Gasteiger partial charge in [0.1, 0.15) is 17.6 Å².